The van der Waals surface area contributed by atoms with Crippen LogP contribution in [-0.4, -0.2) is 19.1 Å². The highest BCUT2D eigenvalue weighted by atomic mass is 35.5. The van der Waals surface area contributed by atoms with Gasteiger partial charge in [0, 0.05) is 9.79 Å². The van der Waals surface area contributed by atoms with E-state index in [0.717, 1.165) is 9.92 Å². The summed E-state index contributed by atoms with van der Waals surface area (Å²) in [6.07, 6.45) is 4.12. The minimum Gasteiger partial charge on any atom is -0.330 e. The van der Waals surface area contributed by atoms with Gasteiger partial charge < -0.3 is 5.73 Å². The lowest BCUT2D eigenvalue weighted by atomic mass is 10.0. The second kappa shape index (κ2) is 6.04. The summed E-state index contributed by atoms with van der Waals surface area (Å²) in [5.74, 6) is 0.365. The van der Waals surface area contributed by atoms with Crippen molar-refractivity contribution in [2.75, 3.05) is 19.1 Å². The molecule has 0 saturated carbocycles. The van der Waals surface area contributed by atoms with E-state index in [1.807, 2.05) is 12.3 Å². The van der Waals surface area contributed by atoms with Gasteiger partial charge in [-0.1, -0.05) is 18.5 Å². The number of rotatable bonds is 4. The third-order valence-electron chi connectivity index (χ3n) is 2.38. The average Bonchev–Trinajstić information content (AvgIpc) is 2.26. The van der Waals surface area contributed by atoms with Gasteiger partial charge in [-0.3, -0.25) is 0 Å². The van der Waals surface area contributed by atoms with E-state index in [9.17, 15) is 0 Å². The van der Waals surface area contributed by atoms with Crippen LogP contribution in [0.5, 0.6) is 0 Å². The predicted molar refractivity (Wildman–Crippen MR) is 72.5 cm³/mol. The predicted octanol–water partition coefficient (Wildman–Crippen LogP) is 3.85. The minimum atomic E-state index is 0.365. The van der Waals surface area contributed by atoms with Crippen molar-refractivity contribution in [3.8, 4) is 0 Å². The molecule has 1 nitrogen and oxygen atoms in total. The molecule has 4 heteroatoms. The topological polar surface area (TPSA) is 26.0 Å². The molecular weight excluding hydrogens is 246 g/mol. The van der Waals surface area contributed by atoms with Gasteiger partial charge in [0.15, 0.2) is 0 Å². The third kappa shape index (κ3) is 3.06. The maximum atomic E-state index is 6.24. The summed E-state index contributed by atoms with van der Waals surface area (Å²) in [7, 11) is 0. The summed E-state index contributed by atoms with van der Waals surface area (Å²) in [4.78, 5) is 2.41. The van der Waals surface area contributed by atoms with Crippen molar-refractivity contribution in [1.82, 2.24) is 0 Å². The molecule has 84 valence electrons. The summed E-state index contributed by atoms with van der Waals surface area (Å²) in [5, 5.41) is 0.838. The monoisotopic (exact) mass is 261 g/mol. The highest BCUT2D eigenvalue weighted by molar-refractivity contribution is 8.01. The molecule has 0 heterocycles. The molecule has 1 rings (SSSR count). The van der Waals surface area contributed by atoms with E-state index in [2.05, 4.69) is 19.2 Å². The number of thioether (sulfide) groups is 2. The lowest BCUT2D eigenvalue weighted by Gasteiger charge is -2.14. The van der Waals surface area contributed by atoms with Gasteiger partial charge in [-0.15, -0.1) is 23.5 Å². The fourth-order valence-electron chi connectivity index (χ4n) is 1.36. The number of hydrogen-bond donors (Lipinski definition) is 1. The summed E-state index contributed by atoms with van der Waals surface area (Å²) in [6, 6.07) is 4.23. The van der Waals surface area contributed by atoms with Crippen molar-refractivity contribution in [3.63, 3.8) is 0 Å². The molecule has 1 aromatic rings. The molecule has 0 spiro atoms. The summed E-state index contributed by atoms with van der Waals surface area (Å²) < 4.78 is 0. The number of nitrogens with two attached hydrogens (primary N) is 1. The molecule has 1 unspecified atom stereocenters. The lowest BCUT2D eigenvalue weighted by Crippen LogP contribution is -2.09. The zero-order valence-electron chi connectivity index (χ0n) is 9.21. The molecule has 0 radical (unpaired) electrons. The van der Waals surface area contributed by atoms with E-state index in [1.54, 1.807) is 23.5 Å². The van der Waals surface area contributed by atoms with Crippen molar-refractivity contribution >= 4 is 35.1 Å². The molecule has 0 saturated heterocycles. The first-order chi connectivity index (χ1) is 7.13. The molecule has 0 aliphatic rings. The Hall–Kier alpha value is 0.170. The Balaban J connectivity index is 3.19. The molecule has 0 bridgehead atoms. The maximum absolute atomic E-state index is 6.24. The molecule has 0 amide bonds. The standard InChI is InChI=1S/C11H16ClNS2/c1-7(6-13)8-4-9(12)11(15-3)10(5-8)14-2/h4-5,7H,6,13H2,1-3H3. The van der Waals surface area contributed by atoms with Crippen molar-refractivity contribution in [2.45, 2.75) is 22.6 Å². The Labute approximate surface area is 105 Å². The van der Waals surface area contributed by atoms with Crippen molar-refractivity contribution in [3.05, 3.63) is 22.7 Å². The Morgan fingerprint density at radius 2 is 2.00 bits per heavy atom. The molecule has 0 aliphatic heterocycles. The van der Waals surface area contributed by atoms with Gasteiger partial charge in [0.05, 0.1) is 5.02 Å². The smallest absolute Gasteiger partial charge is 0.0555 e. The van der Waals surface area contributed by atoms with E-state index in [-0.39, 0.29) is 0 Å². The largest absolute Gasteiger partial charge is 0.330 e. The van der Waals surface area contributed by atoms with Crippen molar-refractivity contribution in [2.24, 2.45) is 5.73 Å². The number of halogens is 1. The highest BCUT2D eigenvalue weighted by Gasteiger charge is 2.11. The van der Waals surface area contributed by atoms with Gasteiger partial charge in [0.25, 0.3) is 0 Å². The Bertz CT molecular complexity index is 342. The van der Waals surface area contributed by atoms with Crippen LogP contribution in [0.15, 0.2) is 21.9 Å². The maximum Gasteiger partial charge on any atom is 0.0555 e. The fourth-order valence-corrected chi connectivity index (χ4v) is 3.44. The normalized spacial score (nSPS) is 12.9. The SMILES string of the molecule is CSc1cc(C(C)CN)cc(Cl)c1SC. The van der Waals surface area contributed by atoms with Crippen LogP contribution in [0, 0.1) is 0 Å². The Morgan fingerprint density at radius 1 is 1.33 bits per heavy atom. The van der Waals surface area contributed by atoms with E-state index < -0.39 is 0 Å². The van der Waals surface area contributed by atoms with Gasteiger partial charge in [-0.25, -0.2) is 0 Å². The second-order valence-electron chi connectivity index (χ2n) is 3.37. The molecule has 1 atom stereocenters. The highest BCUT2D eigenvalue weighted by Crippen LogP contribution is 2.37. The van der Waals surface area contributed by atoms with Crippen LogP contribution in [0.25, 0.3) is 0 Å². The number of hydrogen-bond acceptors (Lipinski definition) is 3. The molecule has 2 N–H and O–H groups in total. The van der Waals surface area contributed by atoms with Crippen LogP contribution < -0.4 is 5.73 Å². The zero-order chi connectivity index (χ0) is 11.4. The van der Waals surface area contributed by atoms with Crippen molar-refractivity contribution < 1.29 is 0 Å². The van der Waals surface area contributed by atoms with E-state index in [1.165, 1.54) is 10.5 Å². The van der Waals surface area contributed by atoms with Crippen LogP contribution in [0.1, 0.15) is 18.4 Å². The number of benzene rings is 1. The van der Waals surface area contributed by atoms with Crippen molar-refractivity contribution in [1.29, 1.82) is 0 Å². The van der Waals surface area contributed by atoms with Crippen LogP contribution in [0.2, 0.25) is 5.02 Å². The van der Waals surface area contributed by atoms with Crippen LogP contribution in [-0.2, 0) is 0 Å². The first-order valence-electron chi connectivity index (χ1n) is 4.75. The quantitative estimate of drug-likeness (QED) is 0.834. The summed E-state index contributed by atoms with van der Waals surface area (Å²) in [5.41, 5.74) is 6.89. The average molecular weight is 262 g/mol. The molecule has 15 heavy (non-hydrogen) atoms. The lowest BCUT2D eigenvalue weighted by molar-refractivity contribution is 0.769. The van der Waals surface area contributed by atoms with E-state index in [4.69, 9.17) is 17.3 Å². The zero-order valence-corrected chi connectivity index (χ0v) is 11.6. The van der Waals surface area contributed by atoms with Gasteiger partial charge in [-0.05, 0) is 42.7 Å². The molecule has 0 aliphatic carbocycles. The molecule has 0 fully saturated rings. The first kappa shape index (κ1) is 13.2. The van der Waals surface area contributed by atoms with Crippen LogP contribution in [0.3, 0.4) is 0 Å². The Morgan fingerprint density at radius 3 is 2.47 bits per heavy atom. The fraction of sp³-hybridized carbons (Fsp3) is 0.455. The second-order valence-corrected chi connectivity index (χ2v) is 5.45. The summed E-state index contributed by atoms with van der Waals surface area (Å²) in [6.45, 7) is 2.78. The summed E-state index contributed by atoms with van der Waals surface area (Å²) >= 11 is 9.66. The third-order valence-corrected chi connectivity index (χ3v) is 4.53. The van der Waals surface area contributed by atoms with Crippen LogP contribution >= 0.6 is 35.1 Å². The van der Waals surface area contributed by atoms with Gasteiger partial charge in [0.1, 0.15) is 0 Å². The molecule has 0 aromatic heterocycles. The van der Waals surface area contributed by atoms with Gasteiger partial charge in [0.2, 0.25) is 0 Å². The van der Waals surface area contributed by atoms with E-state index in [0.29, 0.717) is 12.5 Å². The minimum absolute atomic E-state index is 0.365. The van der Waals surface area contributed by atoms with Gasteiger partial charge >= 0.3 is 0 Å². The molecule has 1 aromatic carbocycles. The van der Waals surface area contributed by atoms with Crippen LogP contribution in [0.4, 0.5) is 0 Å². The first-order valence-corrected chi connectivity index (χ1v) is 7.58. The Kier molecular flexibility index (Phi) is 5.33. The van der Waals surface area contributed by atoms with Gasteiger partial charge in [-0.2, -0.15) is 0 Å². The van der Waals surface area contributed by atoms with E-state index >= 15 is 0 Å². The molecular formula is C11H16ClNS2.